The van der Waals surface area contributed by atoms with Crippen LogP contribution in [0.5, 0.6) is 5.75 Å². The van der Waals surface area contributed by atoms with Crippen LogP contribution in [0.1, 0.15) is 6.42 Å². The number of carboxylic acids is 1. The fraction of sp³-hybridized carbons (Fsp3) is 0.364. The molecule has 1 aromatic carbocycles. The van der Waals surface area contributed by atoms with Gasteiger partial charge in [-0.2, -0.15) is 0 Å². The number of aliphatic hydroxyl groups excluding tert-OH is 1. The van der Waals surface area contributed by atoms with Gasteiger partial charge in [-0.3, -0.25) is 0 Å². The Morgan fingerprint density at radius 3 is 2.42 bits per heavy atom. The van der Waals surface area contributed by atoms with Gasteiger partial charge < -0.3 is 14.9 Å². The van der Waals surface area contributed by atoms with Crippen LogP contribution in [-0.2, 0) is 14.8 Å². The van der Waals surface area contributed by atoms with Crippen LogP contribution in [0.4, 0.5) is 0 Å². The van der Waals surface area contributed by atoms with Crippen molar-refractivity contribution >= 4 is 16.0 Å². The van der Waals surface area contributed by atoms with Crippen LogP contribution in [0.25, 0.3) is 0 Å². The molecule has 19 heavy (non-hydrogen) atoms. The van der Waals surface area contributed by atoms with Gasteiger partial charge >= 0.3 is 5.97 Å². The molecule has 0 saturated heterocycles. The molecule has 7 nitrogen and oxygen atoms in total. The second-order valence-electron chi connectivity index (χ2n) is 3.63. The average Bonchev–Trinajstić information content (AvgIpc) is 2.37. The standard InChI is InChI=1S/C11H15NO6S/c13-7-1-6-12-19(16,17)10-4-2-9(3-5-10)18-8-11(14)15/h2-5,12-13H,1,6-8H2,(H,14,15). The van der Waals surface area contributed by atoms with Crippen molar-refractivity contribution in [3.63, 3.8) is 0 Å². The lowest BCUT2D eigenvalue weighted by Crippen LogP contribution is -2.25. The van der Waals surface area contributed by atoms with E-state index in [0.29, 0.717) is 6.42 Å². The first-order valence-corrected chi connectivity index (χ1v) is 6.99. The third-order valence-corrected chi connectivity index (χ3v) is 3.60. The smallest absolute Gasteiger partial charge is 0.341 e. The quantitative estimate of drug-likeness (QED) is 0.572. The summed E-state index contributed by atoms with van der Waals surface area (Å²) in [6, 6.07) is 5.39. The molecule has 0 saturated carbocycles. The lowest BCUT2D eigenvalue weighted by Gasteiger charge is -2.07. The van der Waals surface area contributed by atoms with Crippen molar-refractivity contribution < 1.29 is 28.2 Å². The monoisotopic (exact) mass is 289 g/mol. The maximum Gasteiger partial charge on any atom is 0.341 e. The molecule has 0 bridgehead atoms. The average molecular weight is 289 g/mol. The van der Waals surface area contributed by atoms with E-state index in [4.69, 9.17) is 14.9 Å². The molecule has 8 heteroatoms. The van der Waals surface area contributed by atoms with Crippen LogP contribution in [0.15, 0.2) is 29.2 Å². The molecular formula is C11H15NO6S. The first-order valence-electron chi connectivity index (χ1n) is 5.51. The Labute approximate surface area is 110 Å². The van der Waals surface area contributed by atoms with Crippen molar-refractivity contribution in [3.8, 4) is 5.75 Å². The first kappa shape index (κ1) is 15.4. The van der Waals surface area contributed by atoms with E-state index in [1.807, 2.05) is 0 Å². The summed E-state index contributed by atoms with van der Waals surface area (Å²) in [5.74, 6) is -0.834. The molecule has 3 N–H and O–H groups in total. The Morgan fingerprint density at radius 2 is 1.89 bits per heavy atom. The molecule has 0 aliphatic carbocycles. The molecule has 0 aromatic heterocycles. The molecular weight excluding hydrogens is 274 g/mol. The first-order chi connectivity index (χ1) is 8.95. The third-order valence-electron chi connectivity index (χ3n) is 2.12. The van der Waals surface area contributed by atoms with E-state index < -0.39 is 22.6 Å². The number of carboxylic acid groups (broad SMARTS) is 1. The number of sulfonamides is 1. The Hall–Kier alpha value is -1.64. The second kappa shape index (κ2) is 7.07. The fourth-order valence-electron chi connectivity index (χ4n) is 1.23. The Balaban J connectivity index is 2.66. The molecule has 0 amide bonds. The van der Waals surface area contributed by atoms with Gasteiger partial charge in [0.2, 0.25) is 10.0 Å². The minimum atomic E-state index is -3.61. The lowest BCUT2D eigenvalue weighted by molar-refractivity contribution is -0.139. The number of benzene rings is 1. The van der Waals surface area contributed by atoms with Gasteiger partial charge in [-0.1, -0.05) is 0 Å². The molecule has 0 radical (unpaired) electrons. The van der Waals surface area contributed by atoms with E-state index >= 15 is 0 Å². The summed E-state index contributed by atoms with van der Waals surface area (Å²) in [4.78, 5) is 10.3. The molecule has 0 aliphatic heterocycles. The van der Waals surface area contributed by atoms with Gasteiger partial charge in [0.1, 0.15) is 5.75 Å². The van der Waals surface area contributed by atoms with Crippen molar-refractivity contribution in [2.75, 3.05) is 19.8 Å². The SMILES string of the molecule is O=C(O)COc1ccc(S(=O)(=O)NCCCO)cc1. The number of rotatable bonds is 8. The summed E-state index contributed by atoms with van der Waals surface area (Å²) < 4.78 is 30.7. The zero-order valence-corrected chi connectivity index (χ0v) is 10.9. The number of nitrogens with one attached hydrogen (secondary N) is 1. The fourth-order valence-corrected chi connectivity index (χ4v) is 2.30. The predicted octanol–water partition coefficient (Wildman–Crippen LogP) is -0.189. The zero-order valence-electron chi connectivity index (χ0n) is 10.1. The van der Waals surface area contributed by atoms with Gasteiger partial charge in [-0.25, -0.2) is 17.9 Å². The third kappa shape index (κ3) is 5.25. The zero-order chi connectivity index (χ0) is 14.3. The summed E-state index contributed by atoms with van der Waals surface area (Å²) in [6.07, 6.45) is 0.332. The van der Waals surface area contributed by atoms with E-state index in [9.17, 15) is 13.2 Å². The number of aliphatic carboxylic acids is 1. The van der Waals surface area contributed by atoms with Gasteiger partial charge in [0, 0.05) is 13.2 Å². The van der Waals surface area contributed by atoms with Crippen LogP contribution in [0, 0.1) is 0 Å². The lowest BCUT2D eigenvalue weighted by atomic mass is 10.3. The molecule has 0 unspecified atom stereocenters. The van der Waals surface area contributed by atoms with E-state index in [-0.39, 0.29) is 23.8 Å². The highest BCUT2D eigenvalue weighted by atomic mass is 32.2. The number of hydrogen-bond acceptors (Lipinski definition) is 5. The van der Waals surface area contributed by atoms with Crippen molar-refractivity contribution in [1.82, 2.24) is 4.72 Å². The summed E-state index contributed by atoms with van der Waals surface area (Å²) >= 11 is 0. The Bertz CT molecular complexity index is 510. The minimum absolute atomic E-state index is 0.0492. The van der Waals surface area contributed by atoms with Gasteiger partial charge in [0.05, 0.1) is 4.90 Å². The molecule has 1 aromatic rings. The minimum Gasteiger partial charge on any atom is -0.482 e. The summed E-state index contributed by atoms with van der Waals surface area (Å²) in [7, 11) is -3.61. The molecule has 0 spiro atoms. The summed E-state index contributed by atoms with van der Waals surface area (Å²) in [6.45, 7) is -0.429. The van der Waals surface area contributed by atoms with Crippen LogP contribution < -0.4 is 9.46 Å². The topological polar surface area (TPSA) is 113 Å². The normalized spacial score (nSPS) is 11.2. The van der Waals surface area contributed by atoms with Gasteiger partial charge in [0.25, 0.3) is 0 Å². The van der Waals surface area contributed by atoms with Gasteiger partial charge in [0.15, 0.2) is 6.61 Å². The summed E-state index contributed by atoms with van der Waals surface area (Å²) in [5, 5.41) is 17.0. The van der Waals surface area contributed by atoms with Crippen molar-refractivity contribution in [2.45, 2.75) is 11.3 Å². The Morgan fingerprint density at radius 1 is 1.26 bits per heavy atom. The number of carbonyl (C=O) groups is 1. The molecule has 106 valence electrons. The van der Waals surface area contributed by atoms with Crippen molar-refractivity contribution in [3.05, 3.63) is 24.3 Å². The number of ether oxygens (including phenoxy) is 1. The Kier molecular flexibility index (Phi) is 5.74. The summed E-state index contributed by atoms with van der Waals surface area (Å²) in [5.41, 5.74) is 0. The highest BCUT2D eigenvalue weighted by Crippen LogP contribution is 2.15. The maximum atomic E-state index is 11.8. The van der Waals surface area contributed by atoms with Crippen LogP contribution in [0.3, 0.4) is 0 Å². The van der Waals surface area contributed by atoms with Crippen molar-refractivity contribution in [1.29, 1.82) is 0 Å². The predicted molar refractivity (Wildman–Crippen MR) is 66.5 cm³/mol. The van der Waals surface area contributed by atoms with Crippen LogP contribution in [-0.4, -0.2) is 44.4 Å². The second-order valence-corrected chi connectivity index (χ2v) is 5.40. The van der Waals surface area contributed by atoms with Crippen LogP contribution in [0.2, 0.25) is 0 Å². The molecule has 0 heterocycles. The molecule has 1 rings (SSSR count). The maximum absolute atomic E-state index is 11.8. The van der Waals surface area contributed by atoms with Crippen LogP contribution >= 0.6 is 0 Å². The highest BCUT2D eigenvalue weighted by Gasteiger charge is 2.13. The molecule has 0 fully saturated rings. The highest BCUT2D eigenvalue weighted by molar-refractivity contribution is 7.89. The van der Waals surface area contributed by atoms with Gasteiger partial charge in [-0.05, 0) is 30.7 Å². The number of aliphatic hydroxyl groups is 1. The largest absolute Gasteiger partial charge is 0.482 e. The van der Waals surface area contributed by atoms with E-state index in [2.05, 4.69) is 4.72 Å². The van der Waals surface area contributed by atoms with Crippen molar-refractivity contribution in [2.24, 2.45) is 0 Å². The van der Waals surface area contributed by atoms with E-state index in [1.165, 1.54) is 24.3 Å². The van der Waals surface area contributed by atoms with Gasteiger partial charge in [-0.15, -0.1) is 0 Å². The van der Waals surface area contributed by atoms with E-state index in [0.717, 1.165) is 0 Å². The molecule has 0 aliphatic rings. The number of hydrogen-bond donors (Lipinski definition) is 3. The van der Waals surface area contributed by atoms with E-state index in [1.54, 1.807) is 0 Å². The molecule has 0 atom stereocenters.